The number of methoxy groups -OCH3 is 1. The molecule has 3 rings (SSSR count). The summed E-state index contributed by atoms with van der Waals surface area (Å²) in [6.07, 6.45) is 0.930. The van der Waals surface area contributed by atoms with Gasteiger partial charge in [-0.25, -0.2) is 0 Å². The van der Waals surface area contributed by atoms with Crippen LogP contribution in [0.2, 0.25) is 5.02 Å². The van der Waals surface area contributed by atoms with E-state index >= 15 is 0 Å². The number of allylic oxidation sites excluding steroid dienone is 1. The monoisotopic (exact) mass is 348 g/mol. The lowest BCUT2D eigenvalue weighted by atomic mass is 9.88. The standard InChI is InChI=1S/C23H21ClO/c1-3-22(17-11-15-21(25-2)16-12-17)23(18-7-5-4-6-8-18)19-9-13-20(24)14-10-19/h4-16H,3H2,1-2H3/b23-22-. The van der Waals surface area contributed by atoms with Gasteiger partial charge in [0.1, 0.15) is 5.75 Å². The first kappa shape index (κ1) is 17.3. The summed E-state index contributed by atoms with van der Waals surface area (Å²) >= 11 is 6.10. The second-order valence-electron chi connectivity index (χ2n) is 5.81. The van der Waals surface area contributed by atoms with Gasteiger partial charge in [-0.2, -0.15) is 0 Å². The second kappa shape index (κ2) is 8.04. The molecule has 0 aliphatic rings. The summed E-state index contributed by atoms with van der Waals surface area (Å²) in [6.45, 7) is 2.19. The van der Waals surface area contributed by atoms with Crippen LogP contribution in [0.15, 0.2) is 78.9 Å². The van der Waals surface area contributed by atoms with Gasteiger partial charge in [-0.05, 0) is 58.5 Å². The zero-order valence-corrected chi connectivity index (χ0v) is 15.3. The number of halogens is 1. The molecule has 0 spiro atoms. The third kappa shape index (κ3) is 3.94. The van der Waals surface area contributed by atoms with Crippen LogP contribution in [0.3, 0.4) is 0 Å². The Labute approximate surface area is 154 Å². The molecule has 0 aliphatic heterocycles. The van der Waals surface area contributed by atoms with Crippen LogP contribution in [0.25, 0.3) is 11.1 Å². The highest BCUT2D eigenvalue weighted by Gasteiger charge is 2.13. The van der Waals surface area contributed by atoms with Crippen LogP contribution in [0, 0.1) is 0 Å². The molecular weight excluding hydrogens is 328 g/mol. The summed E-state index contributed by atoms with van der Waals surface area (Å²) in [7, 11) is 1.69. The van der Waals surface area contributed by atoms with Crippen molar-refractivity contribution in [3.05, 3.63) is 101 Å². The van der Waals surface area contributed by atoms with E-state index in [0.717, 1.165) is 17.2 Å². The van der Waals surface area contributed by atoms with Crippen LogP contribution in [0.5, 0.6) is 5.75 Å². The van der Waals surface area contributed by atoms with Crippen LogP contribution in [0.1, 0.15) is 30.0 Å². The zero-order chi connectivity index (χ0) is 17.6. The maximum atomic E-state index is 6.10. The number of ether oxygens (including phenoxy) is 1. The molecule has 0 radical (unpaired) electrons. The van der Waals surface area contributed by atoms with Crippen molar-refractivity contribution in [3.63, 3.8) is 0 Å². The summed E-state index contributed by atoms with van der Waals surface area (Å²) in [5, 5.41) is 0.749. The molecule has 0 N–H and O–H groups in total. The first-order valence-electron chi connectivity index (χ1n) is 8.42. The molecule has 3 aromatic carbocycles. The Bertz CT molecular complexity index is 847. The molecule has 25 heavy (non-hydrogen) atoms. The lowest BCUT2D eigenvalue weighted by Crippen LogP contribution is -1.95. The van der Waals surface area contributed by atoms with Crippen molar-refractivity contribution >= 4 is 22.7 Å². The molecule has 0 amide bonds. The highest BCUT2D eigenvalue weighted by atomic mass is 35.5. The number of rotatable bonds is 5. The van der Waals surface area contributed by atoms with Gasteiger partial charge in [0.15, 0.2) is 0 Å². The fourth-order valence-electron chi connectivity index (χ4n) is 3.05. The molecule has 0 heterocycles. The van der Waals surface area contributed by atoms with Crippen LogP contribution in [0.4, 0.5) is 0 Å². The molecule has 0 saturated carbocycles. The Hall–Kier alpha value is -2.51. The summed E-state index contributed by atoms with van der Waals surface area (Å²) < 4.78 is 5.29. The summed E-state index contributed by atoms with van der Waals surface area (Å²) in [4.78, 5) is 0. The molecule has 0 atom stereocenters. The Balaban J connectivity index is 2.22. The third-order valence-electron chi connectivity index (χ3n) is 4.29. The van der Waals surface area contributed by atoms with Crippen molar-refractivity contribution in [3.8, 4) is 5.75 Å². The molecule has 0 aliphatic carbocycles. The zero-order valence-electron chi connectivity index (χ0n) is 14.5. The molecule has 2 heteroatoms. The molecule has 0 saturated heterocycles. The SMILES string of the molecule is CC/C(=C(\c1ccccc1)c1ccc(Cl)cc1)c1ccc(OC)cc1. The summed E-state index contributed by atoms with van der Waals surface area (Å²) in [5.41, 5.74) is 6.12. The molecule has 3 aromatic rings. The van der Waals surface area contributed by atoms with Crippen LogP contribution in [-0.4, -0.2) is 7.11 Å². The van der Waals surface area contributed by atoms with Gasteiger partial charge < -0.3 is 4.74 Å². The number of hydrogen-bond acceptors (Lipinski definition) is 1. The minimum Gasteiger partial charge on any atom is -0.497 e. The van der Waals surface area contributed by atoms with E-state index in [4.69, 9.17) is 16.3 Å². The number of benzene rings is 3. The van der Waals surface area contributed by atoms with E-state index in [9.17, 15) is 0 Å². The van der Waals surface area contributed by atoms with Gasteiger partial charge in [0.2, 0.25) is 0 Å². The van der Waals surface area contributed by atoms with E-state index in [1.807, 2.05) is 30.3 Å². The Kier molecular flexibility index (Phi) is 5.57. The van der Waals surface area contributed by atoms with Gasteiger partial charge in [0.05, 0.1) is 7.11 Å². The van der Waals surface area contributed by atoms with Crippen molar-refractivity contribution < 1.29 is 4.74 Å². The Morgan fingerprint density at radius 3 is 1.88 bits per heavy atom. The lowest BCUT2D eigenvalue weighted by molar-refractivity contribution is 0.415. The Morgan fingerprint density at radius 2 is 1.32 bits per heavy atom. The van der Waals surface area contributed by atoms with Crippen LogP contribution in [-0.2, 0) is 0 Å². The maximum Gasteiger partial charge on any atom is 0.118 e. The summed E-state index contributed by atoms with van der Waals surface area (Å²) in [6, 6.07) is 26.8. The van der Waals surface area contributed by atoms with Crippen molar-refractivity contribution in [2.75, 3.05) is 7.11 Å². The number of hydrogen-bond donors (Lipinski definition) is 0. The van der Waals surface area contributed by atoms with Crippen molar-refractivity contribution in [2.45, 2.75) is 13.3 Å². The smallest absolute Gasteiger partial charge is 0.118 e. The van der Waals surface area contributed by atoms with Crippen molar-refractivity contribution in [2.24, 2.45) is 0 Å². The summed E-state index contributed by atoms with van der Waals surface area (Å²) in [5.74, 6) is 0.868. The molecular formula is C23H21ClO. The van der Waals surface area contributed by atoms with E-state index < -0.39 is 0 Å². The molecule has 1 nitrogen and oxygen atoms in total. The van der Waals surface area contributed by atoms with Crippen molar-refractivity contribution in [1.82, 2.24) is 0 Å². The third-order valence-corrected chi connectivity index (χ3v) is 4.54. The minimum atomic E-state index is 0.749. The fraction of sp³-hybridized carbons (Fsp3) is 0.130. The first-order valence-corrected chi connectivity index (χ1v) is 8.79. The highest BCUT2D eigenvalue weighted by molar-refractivity contribution is 6.30. The predicted octanol–water partition coefficient (Wildman–Crippen LogP) is 6.72. The van der Waals surface area contributed by atoms with E-state index in [0.29, 0.717) is 0 Å². The molecule has 0 aromatic heterocycles. The first-order chi connectivity index (χ1) is 12.2. The topological polar surface area (TPSA) is 9.23 Å². The van der Waals surface area contributed by atoms with E-state index in [1.165, 1.54) is 27.8 Å². The van der Waals surface area contributed by atoms with Gasteiger partial charge in [-0.3, -0.25) is 0 Å². The molecule has 0 fully saturated rings. The molecule has 126 valence electrons. The maximum absolute atomic E-state index is 6.10. The van der Waals surface area contributed by atoms with E-state index in [-0.39, 0.29) is 0 Å². The molecule has 0 bridgehead atoms. The molecule has 0 unspecified atom stereocenters. The Morgan fingerprint density at radius 1 is 0.760 bits per heavy atom. The van der Waals surface area contributed by atoms with Crippen LogP contribution >= 0.6 is 11.6 Å². The quantitative estimate of drug-likeness (QED) is 0.465. The van der Waals surface area contributed by atoms with Crippen molar-refractivity contribution in [1.29, 1.82) is 0 Å². The highest BCUT2D eigenvalue weighted by Crippen LogP contribution is 2.35. The average Bonchev–Trinajstić information content (AvgIpc) is 2.68. The van der Waals surface area contributed by atoms with Crippen LogP contribution < -0.4 is 4.74 Å². The van der Waals surface area contributed by atoms with Gasteiger partial charge in [0.25, 0.3) is 0 Å². The normalized spacial score (nSPS) is 11.8. The van der Waals surface area contributed by atoms with Gasteiger partial charge in [-0.1, -0.05) is 73.1 Å². The lowest BCUT2D eigenvalue weighted by Gasteiger charge is -2.16. The average molecular weight is 349 g/mol. The minimum absolute atomic E-state index is 0.749. The van der Waals surface area contributed by atoms with Gasteiger partial charge in [-0.15, -0.1) is 0 Å². The largest absolute Gasteiger partial charge is 0.497 e. The van der Waals surface area contributed by atoms with Gasteiger partial charge in [0, 0.05) is 5.02 Å². The second-order valence-corrected chi connectivity index (χ2v) is 6.24. The fourth-order valence-corrected chi connectivity index (χ4v) is 3.18. The van der Waals surface area contributed by atoms with E-state index in [2.05, 4.69) is 55.5 Å². The van der Waals surface area contributed by atoms with E-state index in [1.54, 1.807) is 7.11 Å². The predicted molar refractivity (Wildman–Crippen MR) is 107 cm³/mol. The van der Waals surface area contributed by atoms with Gasteiger partial charge >= 0.3 is 0 Å².